The number of aromatic nitrogens is 6. The van der Waals surface area contributed by atoms with Gasteiger partial charge in [0.05, 0.1) is 30.7 Å². The largest absolute Gasteiger partial charge is 0.378 e. The number of benzene rings is 2. The van der Waals surface area contributed by atoms with E-state index < -0.39 is 11.2 Å². The quantitative estimate of drug-likeness (QED) is 0.373. The smallest absolute Gasteiger partial charge is 0.330 e. The Balaban J connectivity index is 1.31. The van der Waals surface area contributed by atoms with Gasteiger partial charge in [0.1, 0.15) is 11.6 Å². The van der Waals surface area contributed by atoms with Crippen molar-refractivity contribution in [2.45, 2.75) is 31.8 Å². The van der Waals surface area contributed by atoms with E-state index in [-0.39, 0.29) is 6.04 Å². The first-order valence-corrected chi connectivity index (χ1v) is 12.7. The molecule has 1 saturated heterocycles. The summed E-state index contributed by atoms with van der Waals surface area (Å²) in [6.45, 7) is 3.67. The lowest BCUT2D eigenvalue weighted by Gasteiger charge is -2.28. The molecule has 2 fully saturated rings. The molecule has 0 amide bonds. The fourth-order valence-electron chi connectivity index (χ4n) is 5.24. The normalized spacial score (nSPS) is 16.2. The minimum absolute atomic E-state index is 0.0876. The summed E-state index contributed by atoms with van der Waals surface area (Å²) in [4.78, 5) is 43.7. The first-order chi connectivity index (χ1) is 18.1. The molecule has 1 saturated carbocycles. The number of nitrogens with zero attached hydrogens (tertiary/aromatic N) is 5. The maximum Gasteiger partial charge on any atom is 0.330 e. The van der Waals surface area contributed by atoms with Gasteiger partial charge in [0, 0.05) is 31.4 Å². The summed E-state index contributed by atoms with van der Waals surface area (Å²) in [5.41, 5.74) is 4.10. The van der Waals surface area contributed by atoms with Crippen molar-refractivity contribution in [3.8, 4) is 0 Å². The summed E-state index contributed by atoms with van der Waals surface area (Å²) in [7, 11) is 0. The minimum Gasteiger partial charge on any atom is -0.378 e. The number of rotatable bonds is 6. The SMILES string of the molecule is O=c1[nH]c(=O)n(C2CC2)c2nc(Cc3nc4ccc(N5CCOCC5)cc4[nH]3)n(Cc3ccccc3)c12. The summed E-state index contributed by atoms with van der Waals surface area (Å²) in [5, 5.41) is 0. The summed E-state index contributed by atoms with van der Waals surface area (Å²) in [6, 6.07) is 16.3. The van der Waals surface area contributed by atoms with Crippen molar-refractivity contribution in [1.29, 1.82) is 0 Å². The summed E-state index contributed by atoms with van der Waals surface area (Å²) in [5.74, 6) is 1.45. The van der Waals surface area contributed by atoms with Crippen LogP contribution in [0.5, 0.6) is 0 Å². The molecule has 0 bridgehead atoms. The van der Waals surface area contributed by atoms with E-state index in [1.807, 2.05) is 41.0 Å². The summed E-state index contributed by atoms with van der Waals surface area (Å²) >= 11 is 0. The van der Waals surface area contributed by atoms with Crippen LogP contribution in [0, 0.1) is 0 Å². The van der Waals surface area contributed by atoms with Crippen LogP contribution in [0.2, 0.25) is 0 Å². The van der Waals surface area contributed by atoms with Gasteiger partial charge in [0.25, 0.3) is 5.56 Å². The second-order valence-corrected chi connectivity index (χ2v) is 9.79. The highest BCUT2D eigenvalue weighted by atomic mass is 16.5. The molecule has 1 aliphatic carbocycles. The molecule has 3 aromatic heterocycles. The third-order valence-electron chi connectivity index (χ3n) is 7.22. The van der Waals surface area contributed by atoms with E-state index in [2.05, 4.69) is 27.0 Å². The minimum atomic E-state index is -0.411. The second kappa shape index (κ2) is 8.74. The first kappa shape index (κ1) is 22.1. The van der Waals surface area contributed by atoms with Crippen LogP contribution in [-0.4, -0.2) is 55.4 Å². The van der Waals surface area contributed by atoms with Crippen LogP contribution < -0.4 is 16.1 Å². The van der Waals surface area contributed by atoms with E-state index in [9.17, 15) is 9.59 Å². The fourth-order valence-corrected chi connectivity index (χ4v) is 5.24. The highest BCUT2D eigenvalue weighted by Crippen LogP contribution is 2.35. The van der Waals surface area contributed by atoms with E-state index in [0.717, 1.165) is 67.3 Å². The topological polar surface area (TPSA) is 114 Å². The molecular weight excluding hydrogens is 470 g/mol. The van der Waals surface area contributed by atoms with Crippen LogP contribution in [0.3, 0.4) is 0 Å². The van der Waals surface area contributed by atoms with Crippen molar-refractivity contribution in [1.82, 2.24) is 29.1 Å². The Bertz CT molecular complexity index is 1720. The second-order valence-electron chi connectivity index (χ2n) is 9.79. The Hall–Kier alpha value is -4.18. The van der Waals surface area contributed by atoms with E-state index in [1.165, 1.54) is 0 Å². The van der Waals surface area contributed by atoms with Gasteiger partial charge >= 0.3 is 5.69 Å². The number of hydrogen-bond acceptors (Lipinski definition) is 6. The van der Waals surface area contributed by atoms with E-state index in [1.54, 1.807) is 4.57 Å². The summed E-state index contributed by atoms with van der Waals surface area (Å²) in [6.07, 6.45) is 2.23. The first-order valence-electron chi connectivity index (χ1n) is 12.7. The molecule has 2 aromatic carbocycles. The van der Waals surface area contributed by atoms with Gasteiger partial charge in [-0.1, -0.05) is 30.3 Å². The number of ether oxygens (including phenoxy) is 1. The third-order valence-corrected chi connectivity index (χ3v) is 7.22. The summed E-state index contributed by atoms with van der Waals surface area (Å²) < 4.78 is 9.06. The van der Waals surface area contributed by atoms with Gasteiger partial charge in [0.15, 0.2) is 11.2 Å². The van der Waals surface area contributed by atoms with Crippen LogP contribution in [-0.2, 0) is 17.7 Å². The van der Waals surface area contributed by atoms with Crippen molar-refractivity contribution < 1.29 is 4.74 Å². The molecule has 188 valence electrons. The number of fused-ring (bicyclic) bond motifs is 2. The van der Waals surface area contributed by atoms with Crippen LogP contribution in [0.1, 0.15) is 36.1 Å². The van der Waals surface area contributed by atoms with Crippen molar-refractivity contribution in [2.24, 2.45) is 0 Å². The number of morpholine rings is 1. The number of aromatic amines is 2. The third kappa shape index (κ3) is 4.03. The van der Waals surface area contributed by atoms with Gasteiger partial charge in [0.2, 0.25) is 0 Å². The fraction of sp³-hybridized carbons (Fsp3) is 0.333. The Morgan fingerprint density at radius 1 is 0.973 bits per heavy atom. The maximum atomic E-state index is 13.0. The lowest BCUT2D eigenvalue weighted by Crippen LogP contribution is -2.36. The predicted octanol–water partition coefficient (Wildman–Crippen LogP) is 2.57. The molecule has 0 spiro atoms. The lowest BCUT2D eigenvalue weighted by atomic mass is 10.2. The molecule has 0 unspecified atom stereocenters. The number of hydrogen-bond donors (Lipinski definition) is 2. The standard InChI is InChI=1S/C27H27N7O3/c35-26-24-25(34(18-6-7-18)27(36)31-26)30-23(33(24)16-17-4-2-1-3-5-17)15-22-28-20-9-8-19(14-21(20)29-22)32-10-12-37-13-11-32/h1-5,8-9,14,18H,6-7,10-13,15-16H2,(H,28,29)(H,31,35,36). The van der Waals surface area contributed by atoms with Gasteiger partial charge in [-0.15, -0.1) is 0 Å². The van der Waals surface area contributed by atoms with Gasteiger partial charge in [-0.2, -0.15) is 0 Å². The Morgan fingerprint density at radius 3 is 2.57 bits per heavy atom. The molecule has 5 aromatic rings. The predicted molar refractivity (Wildman–Crippen MR) is 140 cm³/mol. The monoisotopic (exact) mass is 497 g/mol. The van der Waals surface area contributed by atoms with Crippen LogP contribution >= 0.6 is 0 Å². The van der Waals surface area contributed by atoms with Crippen LogP contribution in [0.15, 0.2) is 58.1 Å². The molecule has 10 heteroatoms. The van der Waals surface area contributed by atoms with Gasteiger partial charge in [-0.25, -0.2) is 14.8 Å². The maximum absolute atomic E-state index is 13.0. The molecule has 4 heterocycles. The van der Waals surface area contributed by atoms with Crippen molar-refractivity contribution in [3.63, 3.8) is 0 Å². The Morgan fingerprint density at radius 2 is 1.78 bits per heavy atom. The highest BCUT2D eigenvalue weighted by molar-refractivity contribution is 5.80. The van der Waals surface area contributed by atoms with Crippen molar-refractivity contribution in [2.75, 3.05) is 31.2 Å². The van der Waals surface area contributed by atoms with Gasteiger partial charge in [-0.3, -0.25) is 14.3 Å². The van der Waals surface area contributed by atoms with Gasteiger partial charge in [-0.05, 0) is 36.6 Å². The van der Waals surface area contributed by atoms with Crippen LogP contribution in [0.25, 0.3) is 22.2 Å². The number of H-pyrrole nitrogens is 2. The zero-order valence-corrected chi connectivity index (χ0v) is 20.3. The average molecular weight is 498 g/mol. The molecule has 2 N–H and O–H groups in total. The Labute approximate surface area is 211 Å². The van der Waals surface area contributed by atoms with Crippen LogP contribution in [0.4, 0.5) is 5.69 Å². The van der Waals surface area contributed by atoms with E-state index in [4.69, 9.17) is 14.7 Å². The molecular formula is C27H27N7O3. The molecule has 7 rings (SSSR count). The zero-order valence-electron chi connectivity index (χ0n) is 20.3. The highest BCUT2D eigenvalue weighted by Gasteiger charge is 2.30. The molecule has 0 atom stereocenters. The molecule has 37 heavy (non-hydrogen) atoms. The lowest BCUT2D eigenvalue weighted by molar-refractivity contribution is 0.122. The Kier molecular flexibility index (Phi) is 5.21. The average Bonchev–Trinajstić information content (AvgIpc) is 3.57. The molecule has 1 aliphatic heterocycles. The van der Waals surface area contributed by atoms with E-state index >= 15 is 0 Å². The van der Waals surface area contributed by atoms with Crippen molar-refractivity contribution in [3.05, 3.63) is 86.6 Å². The number of nitrogens with one attached hydrogen (secondary N) is 2. The van der Waals surface area contributed by atoms with E-state index in [0.29, 0.717) is 30.0 Å². The number of imidazole rings is 2. The molecule has 0 radical (unpaired) electrons. The van der Waals surface area contributed by atoms with Gasteiger partial charge < -0.3 is 19.2 Å². The number of anilines is 1. The zero-order chi connectivity index (χ0) is 24.9. The molecule has 2 aliphatic rings. The molecule has 10 nitrogen and oxygen atoms in total. The van der Waals surface area contributed by atoms with Crippen molar-refractivity contribution >= 4 is 27.9 Å².